The van der Waals surface area contributed by atoms with Crippen molar-refractivity contribution in [1.82, 2.24) is 0 Å². The van der Waals surface area contributed by atoms with Crippen molar-refractivity contribution in [2.45, 2.75) is 26.4 Å². The summed E-state index contributed by atoms with van der Waals surface area (Å²) in [5.41, 5.74) is 3.53. The maximum atomic E-state index is 9.18. The summed E-state index contributed by atoms with van der Waals surface area (Å²) in [5, 5.41) is 9.18. The van der Waals surface area contributed by atoms with E-state index in [1.54, 1.807) is 12.1 Å². The summed E-state index contributed by atoms with van der Waals surface area (Å²) in [6.07, 6.45) is 1.80. The Morgan fingerprint density at radius 2 is 1.50 bits per heavy atom. The molecular formula is C17H20O3. The van der Waals surface area contributed by atoms with Crippen molar-refractivity contribution in [2.24, 2.45) is 0 Å². The molecule has 0 aliphatic carbocycles. The molecule has 0 fully saturated rings. The van der Waals surface area contributed by atoms with Crippen LogP contribution in [0.5, 0.6) is 5.75 Å². The maximum Gasteiger partial charge on any atom is 0.115 e. The molecule has 2 aromatic carbocycles. The molecule has 0 radical (unpaired) electrons. The molecule has 20 heavy (non-hydrogen) atoms. The first kappa shape index (κ1) is 14.6. The number of phenolic OH excluding ortho intramolecular Hbond substituents is 1. The van der Waals surface area contributed by atoms with Gasteiger partial charge >= 0.3 is 0 Å². The third kappa shape index (κ3) is 5.03. The number of phenols is 1. The predicted octanol–water partition coefficient (Wildman–Crippen LogP) is 3.78. The van der Waals surface area contributed by atoms with Gasteiger partial charge in [-0.3, -0.25) is 0 Å². The number of aryl methyl sites for hydroxylation is 2. The van der Waals surface area contributed by atoms with Gasteiger partial charge in [-0.2, -0.15) is 0 Å². The highest BCUT2D eigenvalue weighted by Crippen LogP contribution is 2.11. The molecule has 0 aliphatic heterocycles. The maximum absolute atomic E-state index is 9.18. The number of benzene rings is 2. The lowest BCUT2D eigenvalue weighted by Gasteiger charge is -2.05. The van der Waals surface area contributed by atoms with E-state index in [0.717, 1.165) is 18.4 Å². The molecule has 0 amide bonds. The van der Waals surface area contributed by atoms with Crippen LogP contribution in [0.1, 0.15) is 23.1 Å². The van der Waals surface area contributed by atoms with Crippen LogP contribution in [-0.2, 0) is 22.8 Å². The van der Waals surface area contributed by atoms with E-state index in [1.165, 1.54) is 11.1 Å². The van der Waals surface area contributed by atoms with Crippen molar-refractivity contribution < 1.29 is 14.9 Å². The summed E-state index contributed by atoms with van der Waals surface area (Å²) in [4.78, 5) is 10.3. The van der Waals surface area contributed by atoms with Crippen molar-refractivity contribution in [1.29, 1.82) is 0 Å². The molecule has 0 aliphatic rings. The van der Waals surface area contributed by atoms with E-state index in [2.05, 4.69) is 19.1 Å². The molecule has 2 rings (SSSR count). The summed E-state index contributed by atoms with van der Waals surface area (Å²) in [7, 11) is 0. The summed E-state index contributed by atoms with van der Waals surface area (Å²) in [6.45, 7) is 3.09. The predicted molar refractivity (Wildman–Crippen MR) is 78.3 cm³/mol. The number of hydrogen-bond acceptors (Lipinski definition) is 3. The first-order valence-corrected chi connectivity index (χ1v) is 6.82. The van der Waals surface area contributed by atoms with Crippen molar-refractivity contribution in [2.75, 3.05) is 6.61 Å². The Morgan fingerprint density at radius 1 is 0.850 bits per heavy atom. The Morgan fingerprint density at radius 3 is 2.20 bits per heavy atom. The van der Waals surface area contributed by atoms with Crippen molar-refractivity contribution >= 4 is 0 Å². The third-order valence-electron chi connectivity index (χ3n) is 3.06. The molecule has 106 valence electrons. The van der Waals surface area contributed by atoms with E-state index in [0.29, 0.717) is 19.0 Å². The molecule has 0 aromatic heterocycles. The zero-order valence-corrected chi connectivity index (χ0v) is 11.7. The summed E-state index contributed by atoms with van der Waals surface area (Å²) in [6, 6.07) is 15.4. The fourth-order valence-electron chi connectivity index (χ4n) is 1.85. The monoisotopic (exact) mass is 272 g/mol. The smallest absolute Gasteiger partial charge is 0.115 e. The Bertz CT molecular complexity index is 453. The molecule has 0 bridgehead atoms. The zero-order chi connectivity index (χ0) is 14.2. The Balaban J connectivity index is 1.57. The van der Waals surface area contributed by atoms with Crippen LogP contribution in [0.3, 0.4) is 0 Å². The molecule has 3 heteroatoms. The van der Waals surface area contributed by atoms with Gasteiger partial charge < -0.3 is 5.11 Å². The fraction of sp³-hybridized carbons (Fsp3) is 0.294. The largest absolute Gasteiger partial charge is 0.508 e. The minimum Gasteiger partial charge on any atom is -0.508 e. The van der Waals surface area contributed by atoms with Crippen LogP contribution in [0.15, 0.2) is 48.5 Å². The van der Waals surface area contributed by atoms with Crippen LogP contribution in [0, 0.1) is 6.92 Å². The molecule has 0 heterocycles. The molecule has 1 N–H and O–H groups in total. The topological polar surface area (TPSA) is 38.7 Å². The van der Waals surface area contributed by atoms with E-state index in [9.17, 15) is 5.11 Å². The quantitative estimate of drug-likeness (QED) is 0.473. The Labute approximate surface area is 119 Å². The SMILES string of the molecule is Cc1ccc(COOCCCc2ccc(O)cc2)cc1. The molecule has 0 atom stereocenters. The molecule has 3 nitrogen and oxygen atoms in total. The number of aromatic hydroxyl groups is 1. The second-order valence-electron chi connectivity index (χ2n) is 4.84. The van der Waals surface area contributed by atoms with E-state index in [1.807, 2.05) is 24.3 Å². The van der Waals surface area contributed by atoms with Crippen LogP contribution < -0.4 is 0 Å². The van der Waals surface area contributed by atoms with Crippen molar-refractivity contribution in [3.63, 3.8) is 0 Å². The van der Waals surface area contributed by atoms with E-state index < -0.39 is 0 Å². The van der Waals surface area contributed by atoms with Gasteiger partial charge in [0.15, 0.2) is 0 Å². The van der Waals surface area contributed by atoms with Crippen LogP contribution >= 0.6 is 0 Å². The van der Waals surface area contributed by atoms with Gasteiger partial charge in [0.25, 0.3) is 0 Å². The second-order valence-corrected chi connectivity index (χ2v) is 4.84. The van der Waals surface area contributed by atoms with Gasteiger partial charge in [-0.1, -0.05) is 42.0 Å². The molecular weight excluding hydrogens is 252 g/mol. The summed E-state index contributed by atoms with van der Waals surface area (Å²) in [5.74, 6) is 0.298. The lowest BCUT2D eigenvalue weighted by molar-refractivity contribution is -0.304. The molecule has 0 spiro atoms. The highest BCUT2D eigenvalue weighted by atomic mass is 17.2. The first-order valence-electron chi connectivity index (χ1n) is 6.82. The standard InChI is InChI=1S/C17H20O3/c1-14-4-6-16(7-5-14)13-20-19-12-2-3-15-8-10-17(18)11-9-15/h4-11,18H,2-3,12-13H2,1H3. The van der Waals surface area contributed by atoms with Gasteiger partial charge in [0.05, 0.1) is 6.61 Å². The zero-order valence-electron chi connectivity index (χ0n) is 11.7. The second kappa shape index (κ2) is 7.68. The van der Waals surface area contributed by atoms with Crippen molar-refractivity contribution in [3.05, 3.63) is 65.2 Å². The average molecular weight is 272 g/mol. The lowest BCUT2D eigenvalue weighted by Crippen LogP contribution is -1.99. The van der Waals surface area contributed by atoms with Gasteiger partial charge in [0, 0.05) is 0 Å². The summed E-state index contributed by atoms with van der Waals surface area (Å²) < 4.78 is 0. The minimum absolute atomic E-state index is 0.298. The van der Waals surface area contributed by atoms with E-state index in [4.69, 9.17) is 9.78 Å². The van der Waals surface area contributed by atoms with Gasteiger partial charge in [-0.15, -0.1) is 0 Å². The highest BCUT2D eigenvalue weighted by Gasteiger charge is 1.96. The van der Waals surface area contributed by atoms with Gasteiger partial charge in [-0.25, -0.2) is 9.78 Å². The Hall–Kier alpha value is -1.84. The van der Waals surface area contributed by atoms with E-state index >= 15 is 0 Å². The number of rotatable bonds is 7. The molecule has 0 saturated carbocycles. The normalized spacial score (nSPS) is 10.7. The van der Waals surface area contributed by atoms with Crippen LogP contribution in [-0.4, -0.2) is 11.7 Å². The van der Waals surface area contributed by atoms with Crippen LogP contribution in [0.4, 0.5) is 0 Å². The van der Waals surface area contributed by atoms with Gasteiger partial charge in [-0.05, 0) is 43.0 Å². The minimum atomic E-state index is 0.298. The molecule has 2 aromatic rings. The van der Waals surface area contributed by atoms with Crippen LogP contribution in [0.2, 0.25) is 0 Å². The highest BCUT2D eigenvalue weighted by molar-refractivity contribution is 5.25. The third-order valence-corrected chi connectivity index (χ3v) is 3.06. The first-order chi connectivity index (χ1) is 9.74. The van der Waals surface area contributed by atoms with E-state index in [-0.39, 0.29) is 0 Å². The molecule has 0 saturated heterocycles. The Kier molecular flexibility index (Phi) is 5.59. The van der Waals surface area contributed by atoms with Gasteiger partial charge in [0.2, 0.25) is 0 Å². The van der Waals surface area contributed by atoms with Gasteiger partial charge in [0.1, 0.15) is 12.4 Å². The lowest BCUT2D eigenvalue weighted by atomic mass is 10.1. The average Bonchev–Trinajstić information content (AvgIpc) is 2.46. The number of hydrogen-bond donors (Lipinski definition) is 1. The summed E-state index contributed by atoms with van der Waals surface area (Å²) >= 11 is 0. The molecule has 0 unspecified atom stereocenters. The fourth-order valence-corrected chi connectivity index (χ4v) is 1.85. The van der Waals surface area contributed by atoms with Crippen molar-refractivity contribution in [3.8, 4) is 5.75 Å². The van der Waals surface area contributed by atoms with Crippen LogP contribution in [0.25, 0.3) is 0 Å².